The molecule has 0 spiro atoms. The lowest BCUT2D eigenvalue weighted by atomic mass is 10.0. The van der Waals surface area contributed by atoms with Gasteiger partial charge >= 0.3 is 0 Å². The van der Waals surface area contributed by atoms with Crippen molar-refractivity contribution in [3.63, 3.8) is 0 Å². The summed E-state index contributed by atoms with van der Waals surface area (Å²) in [6, 6.07) is 15.7. The molecule has 1 heterocycles. The number of hydrogen-bond donors (Lipinski definition) is 1. The van der Waals surface area contributed by atoms with Crippen molar-refractivity contribution in [1.29, 1.82) is 0 Å². The van der Waals surface area contributed by atoms with Crippen molar-refractivity contribution >= 4 is 16.7 Å². The SMILES string of the molecule is O=C(c1ccc(O)cc1)c1cnc2ccccc2c1. The van der Waals surface area contributed by atoms with Gasteiger partial charge in [-0.15, -0.1) is 0 Å². The van der Waals surface area contributed by atoms with E-state index >= 15 is 0 Å². The van der Waals surface area contributed by atoms with Crippen LogP contribution in [-0.2, 0) is 0 Å². The van der Waals surface area contributed by atoms with Crippen LogP contribution in [0.2, 0.25) is 0 Å². The molecular weight excluding hydrogens is 238 g/mol. The molecule has 3 rings (SSSR count). The Hall–Kier alpha value is -2.68. The van der Waals surface area contributed by atoms with Gasteiger partial charge in [-0.05, 0) is 36.4 Å². The van der Waals surface area contributed by atoms with Crippen LogP contribution >= 0.6 is 0 Å². The molecule has 2 aromatic carbocycles. The fourth-order valence-corrected chi connectivity index (χ4v) is 1.97. The zero-order valence-electron chi connectivity index (χ0n) is 10.1. The number of ketones is 1. The second-order valence-corrected chi connectivity index (χ2v) is 4.29. The Bertz CT molecular complexity index is 748. The van der Waals surface area contributed by atoms with Crippen molar-refractivity contribution in [2.45, 2.75) is 0 Å². The summed E-state index contributed by atoms with van der Waals surface area (Å²) >= 11 is 0. The highest BCUT2D eigenvalue weighted by Gasteiger charge is 2.10. The number of rotatable bonds is 2. The Morgan fingerprint density at radius 1 is 0.947 bits per heavy atom. The molecule has 19 heavy (non-hydrogen) atoms. The number of benzene rings is 2. The molecule has 1 N–H and O–H groups in total. The summed E-state index contributed by atoms with van der Waals surface area (Å²) in [7, 11) is 0. The van der Waals surface area contributed by atoms with E-state index in [9.17, 15) is 9.90 Å². The molecule has 1 aromatic heterocycles. The van der Waals surface area contributed by atoms with E-state index in [4.69, 9.17) is 0 Å². The maximum Gasteiger partial charge on any atom is 0.194 e. The van der Waals surface area contributed by atoms with Crippen LogP contribution in [0.25, 0.3) is 10.9 Å². The third-order valence-electron chi connectivity index (χ3n) is 2.98. The quantitative estimate of drug-likeness (QED) is 0.710. The molecule has 0 amide bonds. The first kappa shape index (κ1) is 11.4. The van der Waals surface area contributed by atoms with E-state index in [0.29, 0.717) is 11.1 Å². The largest absolute Gasteiger partial charge is 0.508 e. The molecule has 0 saturated carbocycles. The highest BCUT2D eigenvalue weighted by molar-refractivity contribution is 6.10. The van der Waals surface area contributed by atoms with Crippen LogP contribution in [0.1, 0.15) is 15.9 Å². The summed E-state index contributed by atoms with van der Waals surface area (Å²) in [4.78, 5) is 16.6. The molecule has 0 unspecified atom stereocenters. The van der Waals surface area contributed by atoms with Gasteiger partial charge < -0.3 is 5.11 Å². The topological polar surface area (TPSA) is 50.2 Å². The molecule has 0 aliphatic rings. The Labute approximate surface area is 110 Å². The second kappa shape index (κ2) is 4.53. The summed E-state index contributed by atoms with van der Waals surface area (Å²) < 4.78 is 0. The summed E-state index contributed by atoms with van der Waals surface area (Å²) in [5, 5.41) is 10.2. The highest BCUT2D eigenvalue weighted by atomic mass is 16.3. The van der Waals surface area contributed by atoms with Gasteiger partial charge in [0.2, 0.25) is 0 Å². The van der Waals surface area contributed by atoms with Crippen molar-refractivity contribution in [3.8, 4) is 5.75 Å². The van der Waals surface area contributed by atoms with Crippen molar-refractivity contribution in [2.24, 2.45) is 0 Å². The first-order valence-corrected chi connectivity index (χ1v) is 5.92. The molecule has 0 aliphatic heterocycles. The molecule has 3 aromatic rings. The molecule has 3 heteroatoms. The van der Waals surface area contributed by atoms with E-state index in [-0.39, 0.29) is 11.5 Å². The number of hydrogen-bond acceptors (Lipinski definition) is 3. The molecule has 0 fully saturated rings. The third kappa shape index (κ3) is 2.18. The average molecular weight is 249 g/mol. The highest BCUT2D eigenvalue weighted by Crippen LogP contribution is 2.17. The summed E-state index contributed by atoms with van der Waals surface area (Å²) in [5.74, 6) is 0.0476. The standard InChI is InChI=1S/C16H11NO2/c18-14-7-5-11(6-8-14)16(19)13-9-12-3-1-2-4-15(12)17-10-13/h1-10,18H. The van der Waals surface area contributed by atoms with Gasteiger partial charge in [-0.1, -0.05) is 18.2 Å². The smallest absolute Gasteiger partial charge is 0.194 e. The van der Waals surface area contributed by atoms with Crippen LogP contribution in [0, 0.1) is 0 Å². The van der Waals surface area contributed by atoms with E-state index in [1.54, 1.807) is 18.3 Å². The summed E-state index contributed by atoms with van der Waals surface area (Å²) in [6.45, 7) is 0. The number of phenolic OH excluding ortho intramolecular Hbond substituents is 1. The van der Waals surface area contributed by atoms with Crippen LogP contribution in [0.3, 0.4) is 0 Å². The molecule has 0 saturated heterocycles. The van der Waals surface area contributed by atoms with Gasteiger partial charge in [-0.25, -0.2) is 0 Å². The number of carbonyl (C=O) groups is 1. The number of para-hydroxylation sites is 1. The number of aromatic nitrogens is 1. The molecule has 0 bridgehead atoms. The van der Waals surface area contributed by atoms with Gasteiger partial charge in [0.25, 0.3) is 0 Å². The van der Waals surface area contributed by atoms with Crippen LogP contribution < -0.4 is 0 Å². The van der Waals surface area contributed by atoms with Crippen molar-refractivity contribution in [2.75, 3.05) is 0 Å². The maximum absolute atomic E-state index is 12.3. The molecule has 0 radical (unpaired) electrons. The molecular formula is C16H11NO2. The number of aromatic hydroxyl groups is 1. The normalized spacial score (nSPS) is 10.5. The first-order chi connectivity index (χ1) is 9.24. The lowest BCUT2D eigenvalue weighted by molar-refractivity contribution is 0.103. The van der Waals surface area contributed by atoms with Crippen molar-refractivity contribution in [1.82, 2.24) is 4.98 Å². The Morgan fingerprint density at radius 3 is 2.47 bits per heavy atom. The van der Waals surface area contributed by atoms with E-state index in [1.807, 2.05) is 30.3 Å². The first-order valence-electron chi connectivity index (χ1n) is 5.92. The number of carbonyl (C=O) groups excluding carboxylic acids is 1. The van der Waals surface area contributed by atoms with Crippen LogP contribution in [-0.4, -0.2) is 15.9 Å². The number of phenols is 1. The maximum atomic E-state index is 12.3. The minimum atomic E-state index is -0.0988. The van der Waals surface area contributed by atoms with Gasteiger partial charge in [0.15, 0.2) is 5.78 Å². The lowest BCUT2D eigenvalue weighted by Gasteiger charge is -2.03. The van der Waals surface area contributed by atoms with Gasteiger partial charge in [0, 0.05) is 22.7 Å². The molecule has 0 aliphatic carbocycles. The number of pyridine rings is 1. The zero-order chi connectivity index (χ0) is 13.2. The molecule has 92 valence electrons. The van der Waals surface area contributed by atoms with Gasteiger partial charge in [0.1, 0.15) is 5.75 Å². The van der Waals surface area contributed by atoms with E-state index < -0.39 is 0 Å². The van der Waals surface area contributed by atoms with Crippen LogP contribution in [0.15, 0.2) is 60.8 Å². The molecule has 3 nitrogen and oxygen atoms in total. The van der Waals surface area contributed by atoms with Crippen LogP contribution in [0.5, 0.6) is 5.75 Å². The Kier molecular flexibility index (Phi) is 2.72. The average Bonchev–Trinajstić information content (AvgIpc) is 2.47. The van der Waals surface area contributed by atoms with Crippen LogP contribution in [0.4, 0.5) is 0 Å². The lowest BCUT2D eigenvalue weighted by Crippen LogP contribution is -2.01. The zero-order valence-corrected chi connectivity index (χ0v) is 10.1. The minimum absolute atomic E-state index is 0.0988. The Morgan fingerprint density at radius 2 is 1.68 bits per heavy atom. The van der Waals surface area contributed by atoms with E-state index in [1.165, 1.54) is 12.1 Å². The van der Waals surface area contributed by atoms with Crippen molar-refractivity contribution < 1.29 is 9.90 Å². The predicted octanol–water partition coefficient (Wildman–Crippen LogP) is 3.17. The third-order valence-corrected chi connectivity index (χ3v) is 2.98. The second-order valence-electron chi connectivity index (χ2n) is 4.29. The van der Waals surface area contributed by atoms with Crippen molar-refractivity contribution in [3.05, 3.63) is 71.9 Å². The number of nitrogens with zero attached hydrogens (tertiary/aromatic N) is 1. The Balaban J connectivity index is 2.04. The minimum Gasteiger partial charge on any atom is -0.508 e. The number of fused-ring (bicyclic) bond motifs is 1. The van der Waals surface area contributed by atoms with Gasteiger partial charge in [-0.3, -0.25) is 9.78 Å². The molecule has 0 atom stereocenters. The van der Waals surface area contributed by atoms with Gasteiger partial charge in [0.05, 0.1) is 5.52 Å². The summed E-state index contributed by atoms with van der Waals surface area (Å²) in [5.41, 5.74) is 1.95. The monoisotopic (exact) mass is 249 g/mol. The fourth-order valence-electron chi connectivity index (χ4n) is 1.97. The van der Waals surface area contributed by atoms with E-state index in [2.05, 4.69) is 4.98 Å². The van der Waals surface area contributed by atoms with Gasteiger partial charge in [-0.2, -0.15) is 0 Å². The van der Waals surface area contributed by atoms with E-state index in [0.717, 1.165) is 10.9 Å². The fraction of sp³-hybridized carbons (Fsp3) is 0. The summed E-state index contributed by atoms with van der Waals surface area (Å²) in [6.07, 6.45) is 1.58. The predicted molar refractivity (Wildman–Crippen MR) is 73.3 cm³/mol.